The van der Waals surface area contributed by atoms with Gasteiger partial charge in [-0.3, -0.25) is 9.97 Å². The van der Waals surface area contributed by atoms with Gasteiger partial charge in [0.15, 0.2) is 0 Å². The van der Waals surface area contributed by atoms with Gasteiger partial charge in [-0.15, -0.1) is 0 Å². The van der Waals surface area contributed by atoms with E-state index in [1.807, 2.05) is 0 Å². The SMILES string of the molecule is FC(F)(F)c1ccnc(-c2cc(Br)cc(-c3cc(C(F)(F)F)ccn3)n2)c1. The Labute approximate surface area is 157 Å². The minimum Gasteiger partial charge on any atom is -0.255 e. The molecule has 0 fully saturated rings. The van der Waals surface area contributed by atoms with Crippen molar-refractivity contribution in [2.75, 3.05) is 0 Å². The lowest BCUT2D eigenvalue weighted by molar-refractivity contribution is -0.138. The van der Waals surface area contributed by atoms with E-state index in [2.05, 4.69) is 30.9 Å². The van der Waals surface area contributed by atoms with Gasteiger partial charge >= 0.3 is 12.4 Å². The zero-order valence-electron chi connectivity index (χ0n) is 13.1. The molecule has 0 saturated heterocycles. The number of aromatic nitrogens is 3. The lowest BCUT2D eigenvalue weighted by Crippen LogP contribution is -2.06. The van der Waals surface area contributed by atoms with Crippen LogP contribution in [-0.4, -0.2) is 15.0 Å². The zero-order chi connectivity index (χ0) is 19.8. The van der Waals surface area contributed by atoms with Crippen LogP contribution >= 0.6 is 15.9 Å². The van der Waals surface area contributed by atoms with Crippen molar-refractivity contribution in [1.82, 2.24) is 15.0 Å². The summed E-state index contributed by atoms with van der Waals surface area (Å²) in [7, 11) is 0. The Bertz CT molecular complexity index is 909. The number of hydrogen-bond donors (Lipinski definition) is 0. The highest BCUT2D eigenvalue weighted by atomic mass is 79.9. The molecule has 0 bridgehead atoms. The van der Waals surface area contributed by atoms with Crippen LogP contribution in [0.15, 0.2) is 53.3 Å². The third kappa shape index (κ3) is 4.44. The van der Waals surface area contributed by atoms with Crippen molar-refractivity contribution in [2.24, 2.45) is 0 Å². The molecule has 3 heterocycles. The van der Waals surface area contributed by atoms with E-state index < -0.39 is 23.5 Å². The summed E-state index contributed by atoms with van der Waals surface area (Å²) in [6, 6.07) is 6.10. The van der Waals surface area contributed by atoms with Crippen molar-refractivity contribution in [3.63, 3.8) is 0 Å². The topological polar surface area (TPSA) is 38.7 Å². The smallest absolute Gasteiger partial charge is 0.255 e. The first-order chi connectivity index (χ1) is 12.5. The molecule has 0 unspecified atom stereocenters. The van der Waals surface area contributed by atoms with E-state index in [0.717, 1.165) is 36.7 Å². The van der Waals surface area contributed by atoms with E-state index in [1.54, 1.807) is 0 Å². The van der Waals surface area contributed by atoms with Crippen LogP contribution in [0.4, 0.5) is 26.3 Å². The summed E-state index contributed by atoms with van der Waals surface area (Å²) in [5.41, 5.74) is -1.84. The number of hydrogen-bond acceptors (Lipinski definition) is 3. The number of nitrogens with zero attached hydrogens (tertiary/aromatic N) is 3. The number of pyridine rings is 3. The molecular weight excluding hydrogens is 440 g/mol. The molecule has 0 aromatic carbocycles. The maximum Gasteiger partial charge on any atom is 0.416 e. The van der Waals surface area contributed by atoms with Gasteiger partial charge in [-0.1, -0.05) is 15.9 Å². The third-order valence-corrected chi connectivity index (χ3v) is 3.95. The van der Waals surface area contributed by atoms with Crippen LogP contribution in [0.25, 0.3) is 22.8 Å². The van der Waals surface area contributed by atoms with E-state index in [1.165, 1.54) is 12.1 Å². The van der Waals surface area contributed by atoms with Crippen molar-refractivity contribution < 1.29 is 26.3 Å². The Hall–Kier alpha value is -2.49. The van der Waals surface area contributed by atoms with E-state index in [0.29, 0.717) is 4.47 Å². The van der Waals surface area contributed by atoms with Gasteiger partial charge in [0.25, 0.3) is 0 Å². The lowest BCUT2D eigenvalue weighted by atomic mass is 10.1. The molecule has 10 heteroatoms. The lowest BCUT2D eigenvalue weighted by Gasteiger charge is -2.10. The fourth-order valence-electron chi connectivity index (χ4n) is 2.25. The maximum absolute atomic E-state index is 12.9. The fraction of sp³-hybridized carbons (Fsp3) is 0.118. The predicted octanol–water partition coefficient (Wildman–Crippen LogP) is 6.01. The minimum absolute atomic E-state index is 0.0599. The second-order valence-electron chi connectivity index (χ2n) is 5.41. The van der Waals surface area contributed by atoms with Gasteiger partial charge in [-0.05, 0) is 36.4 Å². The first-order valence-electron chi connectivity index (χ1n) is 7.29. The van der Waals surface area contributed by atoms with Crippen LogP contribution < -0.4 is 0 Å². The van der Waals surface area contributed by atoms with E-state index >= 15 is 0 Å². The molecule has 140 valence electrons. The molecule has 3 nitrogen and oxygen atoms in total. The molecular formula is C17H8BrF6N3. The third-order valence-electron chi connectivity index (χ3n) is 3.49. The predicted molar refractivity (Wildman–Crippen MR) is 88.4 cm³/mol. The van der Waals surface area contributed by atoms with Crippen molar-refractivity contribution in [1.29, 1.82) is 0 Å². The highest BCUT2D eigenvalue weighted by Crippen LogP contribution is 2.34. The van der Waals surface area contributed by atoms with E-state index in [4.69, 9.17) is 0 Å². The average molecular weight is 448 g/mol. The normalized spacial score (nSPS) is 12.3. The highest BCUT2D eigenvalue weighted by molar-refractivity contribution is 9.10. The second-order valence-corrected chi connectivity index (χ2v) is 6.33. The Morgan fingerprint density at radius 3 is 1.41 bits per heavy atom. The van der Waals surface area contributed by atoms with Gasteiger partial charge in [0.1, 0.15) is 0 Å². The first kappa shape index (κ1) is 19.3. The first-order valence-corrected chi connectivity index (χ1v) is 8.08. The van der Waals surface area contributed by atoms with Gasteiger partial charge < -0.3 is 0 Å². The van der Waals surface area contributed by atoms with Gasteiger partial charge in [-0.2, -0.15) is 26.3 Å². The van der Waals surface area contributed by atoms with Crippen LogP contribution in [0.5, 0.6) is 0 Å². The van der Waals surface area contributed by atoms with Gasteiger partial charge in [0.05, 0.1) is 33.9 Å². The minimum atomic E-state index is -4.56. The fourth-order valence-corrected chi connectivity index (χ4v) is 2.69. The largest absolute Gasteiger partial charge is 0.416 e. The molecule has 0 atom stereocenters. The Morgan fingerprint density at radius 2 is 1.04 bits per heavy atom. The molecule has 0 aliphatic heterocycles. The van der Waals surface area contributed by atoms with E-state index in [9.17, 15) is 26.3 Å². The molecule has 3 aromatic rings. The van der Waals surface area contributed by atoms with Crippen LogP contribution in [0.3, 0.4) is 0 Å². The van der Waals surface area contributed by atoms with Crippen LogP contribution in [-0.2, 0) is 12.4 Å². The summed E-state index contributed by atoms with van der Waals surface area (Å²) in [5.74, 6) is 0. The second kappa shape index (κ2) is 6.91. The number of alkyl halides is 6. The average Bonchev–Trinajstić information content (AvgIpc) is 2.60. The number of halogens is 7. The molecule has 0 spiro atoms. The molecule has 0 amide bonds. The molecule has 3 rings (SSSR count). The quantitative estimate of drug-likeness (QED) is 0.451. The van der Waals surface area contributed by atoms with Gasteiger partial charge in [0.2, 0.25) is 0 Å². The number of rotatable bonds is 2. The molecule has 0 N–H and O–H groups in total. The Kier molecular flexibility index (Phi) is 4.94. The van der Waals surface area contributed by atoms with Crippen molar-refractivity contribution >= 4 is 15.9 Å². The monoisotopic (exact) mass is 447 g/mol. The summed E-state index contributed by atoms with van der Waals surface area (Å²) in [6.45, 7) is 0. The summed E-state index contributed by atoms with van der Waals surface area (Å²) < 4.78 is 77.7. The molecule has 27 heavy (non-hydrogen) atoms. The van der Waals surface area contributed by atoms with Crippen molar-refractivity contribution in [3.8, 4) is 22.8 Å². The molecule has 0 saturated carbocycles. The zero-order valence-corrected chi connectivity index (χ0v) is 14.7. The molecule has 0 radical (unpaired) electrons. The molecule has 3 aromatic heterocycles. The summed E-state index contributed by atoms with van der Waals surface area (Å²) in [5, 5.41) is 0. The van der Waals surface area contributed by atoms with Crippen LogP contribution in [0.2, 0.25) is 0 Å². The molecule has 0 aliphatic carbocycles. The van der Waals surface area contributed by atoms with E-state index in [-0.39, 0.29) is 22.8 Å². The van der Waals surface area contributed by atoms with Crippen LogP contribution in [0.1, 0.15) is 11.1 Å². The Balaban J connectivity index is 2.09. The summed E-state index contributed by atoms with van der Waals surface area (Å²) >= 11 is 3.18. The maximum atomic E-state index is 12.9. The molecule has 0 aliphatic rings. The Morgan fingerprint density at radius 1 is 0.630 bits per heavy atom. The highest BCUT2D eigenvalue weighted by Gasteiger charge is 2.32. The standard InChI is InChI=1S/C17H8BrF6N3/c18-11-7-14(12-5-9(1-3-25-12)16(19,20)21)27-15(8-11)13-6-10(2-4-26-13)17(22,23)24/h1-8H. The van der Waals surface area contributed by atoms with Gasteiger partial charge in [-0.25, -0.2) is 4.98 Å². The summed E-state index contributed by atoms with van der Waals surface area (Å²) in [4.78, 5) is 11.9. The summed E-state index contributed by atoms with van der Waals surface area (Å²) in [6.07, 6.45) is -7.14. The van der Waals surface area contributed by atoms with Crippen molar-refractivity contribution in [2.45, 2.75) is 12.4 Å². The van der Waals surface area contributed by atoms with Crippen LogP contribution in [0, 0.1) is 0 Å². The van der Waals surface area contributed by atoms with Gasteiger partial charge in [0, 0.05) is 16.9 Å². The van der Waals surface area contributed by atoms with Crippen molar-refractivity contribution in [3.05, 3.63) is 64.4 Å².